The number of amides is 19. The molecule has 49 heteroatoms. The van der Waals surface area contributed by atoms with Crippen LogP contribution >= 0.6 is 0 Å². The molecule has 0 spiro atoms. The number of guanidine groups is 1. The fourth-order valence-electron chi connectivity index (χ4n) is 14.0. The first-order valence-corrected chi connectivity index (χ1v) is 46.1. The van der Waals surface area contributed by atoms with E-state index in [9.17, 15) is 121 Å². The van der Waals surface area contributed by atoms with Crippen LogP contribution in [0, 0.1) is 29.1 Å². The topological polar surface area (TPSA) is 813 Å². The molecule has 3 aromatic carbocycles. The third-order valence-corrected chi connectivity index (χ3v) is 22.0. The highest BCUT2D eigenvalue weighted by Gasteiger charge is 2.41. The zero-order chi connectivity index (χ0) is 105. The summed E-state index contributed by atoms with van der Waals surface area (Å²) in [6, 6.07) is -6.68. The second-order valence-electron chi connectivity index (χ2n) is 35.3. The molecule has 140 heavy (non-hydrogen) atoms. The van der Waals surface area contributed by atoms with Gasteiger partial charge in [0.1, 0.15) is 102 Å². The van der Waals surface area contributed by atoms with Gasteiger partial charge in [-0.25, -0.2) is 0 Å². The van der Waals surface area contributed by atoms with Crippen LogP contribution in [0.4, 0.5) is 0 Å². The number of nitrogens with one attached hydrogen (secondary N) is 19. The number of carboxylic acid groups (broad SMARTS) is 1. The number of aliphatic carboxylic acids is 1. The summed E-state index contributed by atoms with van der Waals surface area (Å²) >= 11 is 0. The van der Waals surface area contributed by atoms with E-state index in [2.05, 4.69) is 95.7 Å². The Labute approximate surface area is 811 Å². The van der Waals surface area contributed by atoms with Crippen molar-refractivity contribution in [2.24, 2.45) is 52.3 Å². The van der Waals surface area contributed by atoms with Crippen molar-refractivity contribution >= 4 is 124 Å². The van der Waals surface area contributed by atoms with Gasteiger partial charge in [-0.2, -0.15) is 0 Å². The number of carbonyl (C=O) groups excluding carboxylic acids is 19. The number of carbonyl (C=O) groups is 20. The van der Waals surface area contributed by atoms with Gasteiger partial charge in [0, 0.05) is 32.9 Å². The summed E-state index contributed by atoms with van der Waals surface area (Å²) < 4.78 is 0. The first kappa shape index (κ1) is 120. The van der Waals surface area contributed by atoms with Gasteiger partial charge in [-0.1, -0.05) is 116 Å². The van der Waals surface area contributed by atoms with E-state index >= 15 is 0 Å². The Hall–Kier alpha value is -14.2. The lowest BCUT2D eigenvalue weighted by Gasteiger charge is -2.30. The van der Waals surface area contributed by atoms with Gasteiger partial charge in [0.15, 0.2) is 5.96 Å². The maximum absolute atomic E-state index is 14.9. The molecule has 0 aliphatic rings. The Balaban J connectivity index is 1.94. The number of nitrogens with two attached hydrogens (primary N) is 5. The summed E-state index contributed by atoms with van der Waals surface area (Å²) in [6.07, 6.45) is -4.98. The standard InChI is InChI=1S/C91H142N24O25/c1-13-48(8)73(114-76(126)50(10)102-83(133)66(42-71(123)124)106-75(125)49(9)101-77(127)57(93)38-53-24-28-55(118)29-25-53)89(139)110-64(39-52-20-15-14-16-21-52)86(136)115-74(51(11)117)90(140)111-65(41-69(95)121)85(135)112-67(44-116)87(137)108-63(40-54-26-30-56(119)31-27-54)84(134)105-59(23-19-35-99-91(96)97)80(130)104-58(22-17-18-34-92)82(132)113-72(47(6)7)88(138)109-62(37-46(4)5)79(129)100-43-70(122)103-60(32-33-68(94)120)81(131)107-61(36-45(2)3)78(128)98-12/h14-16,20-21,24-31,45-51,57-67,72-74,116-119H,13,17-19,22-23,32-44,92-93H2,1-12H3,(H2,94,120)(H2,95,121)(H,98,128)(H,100,129)(H,101,127)(H,102,133)(H,103,122)(H,104,130)(H,105,134)(H,106,125)(H,107,131)(H,108,137)(H,109,138)(H,110,139)(H,111,140)(H,112,135)(H,113,132)(H,114,126)(H,115,136)(H,123,124)(H4,96,97,99). The van der Waals surface area contributed by atoms with E-state index in [1.54, 1.807) is 71.9 Å². The summed E-state index contributed by atoms with van der Waals surface area (Å²) in [7, 11) is 1.37. The zero-order valence-corrected chi connectivity index (χ0v) is 80.9. The summed E-state index contributed by atoms with van der Waals surface area (Å²) in [5.74, 6) is -23.6. The van der Waals surface area contributed by atoms with Crippen LogP contribution in [0.1, 0.15) is 170 Å². The molecule has 0 bridgehead atoms. The van der Waals surface area contributed by atoms with Crippen LogP contribution in [-0.4, -0.2) is 286 Å². The monoisotopic (exact) mass is 1970 g/mol. The van der Waals surface area contributed by atoms with Crippen molar-refractivity contribution in [3.63, 3.8) is 0 Å². The number of phenols is 2. The fraction of sp³-hybridized carbons (Fsp3) is 0.571. The third kappa shape index (κ3) is 44.1. The summed E-state index contributed by atoms with van der Waals surface area (Å²) in [5.41, 5.74) is 29.6. The molecule has 3 rings (SSSR count). The molecule has 34 N–H and O–H groups in total. The molecule has 0 saturated carbocycles. The molecule has 0 saturated heterocycles. The highest BCUT2D eigenvalue weighted by molar-refractivity contribution is 6.02. The molecule has 3 aromatic rings. The van der Waals surface area contributed by atoms with Gasteiger partial charge in [0.2, 0.25) is 112 Å². The van der Waals surface area contributed by atoms with E-state index in [4.69, 9.17) is 34.1 Å². The first-order valence-electron chi connectivity index (χ1n) is 46.1. The average Bonchev–Trinajstić information content (AvgIpc) is 0.850. The molecular weight excluding hydrogens is 1830 g/mol. The molecule has 0 fully saturated rings. The largest absolute Gasteiger partial charge is 0.508 e. The Morgan fingerprint density at radius 3 is 1.27 bits per heavy atom. The quantitative estimate of drug-likeness (QED) is 0.0142. The van der Waals surface area contributed by atoms with Gasteiger partial charge in [-0.15, -0.1) is 0 Å². The zero-order valence-electron chi connectivity index (χ0n) is 80.9. The molecule has 49 nitrogen and oxygen atoms in total. The van der Waals surface area contributed by atoms with E-state index in [0.717, 1.165) is 6.92 Å². The number of aliphatic hydroxyl groups is 2. The normalized spacial score (nSPS) is 15.0. The number of phenolic OH excluding ortho intramolecular Hbond substituents is 2. The molecule has 0 heterocycles. The van der Waals surface area contributed by atoms with Crippen molar-refractivity contribution in [2.45, 2.75) is 275 Å². The summed E-state index contributed by atoms with van der Waals surface area (Å²) in [6.45, 7) is 14.9. The number of aromatic hydroxyl groups is 2. The second-order valence-corrected chi connectivity index (χ2v) is 35.3. The molecule has 0 aliphatic carbocycles. The number of hydrogen-bond donors (Lipinski definition) is 29. The van der Waals surface area contributed by atoms with Gasteiger partial charge >= 0.3 is 5.97 Å². The molecule has 776 valence electrons. The molecule has 0 radical (unpaired) electrons. The van der Waals surface area contributed by atoms with Crippen molar-refractivity contribution in [1.29, 1.82) is 5.41 Å². The predicted molar refractivity (Wildman–Crippen MR) is 508 cm³/mol. The van der Waals surface area contributed by atoms with E-state index in [1.807, 2.05) is 13.8 Å². The van der Waals surface area contributed by atoms with Crippen LogP contribution in [0.25, 0.3) is 0 Å². The van der Waals surface area contributed by atoms with Crippen LogP contribution < -0.4 is 124 Å². The Morgan fingerprint density at radius 2 is 0.779 bits per heavy atom. The minimum atomic E-state index is -2.11. The Kier molecular flexibility index (Phi) is 52.4. The average molecular weight is 1970 g/mol. The van der Waals surface area contributed by atoms with Gasteiger partial charge < -0.3 is 150 Å². The number of likely N-dealkylation sites (N-methyl/N-ethyl adjacent to an activating group) is 1. The smallest absolute Gasteiger partial charge is 0.305 e. The summed E-state index contributed by atoms with van der Waals surface area (Å²) in [5, 5.41) is 104. The SMILES string of the molecule is CCC(C)C(NC(=O)C(C)NC(=O)C(CC(=O)O)NC(=O)C(C)NC(=O)C(N)Cc1ccc(O)cc1)C(=O)NC(Cc1ccccc1)C(=O)NC(C(=O)NC(CC(N)=O)C(=O)NC(CO)C(=O)NC(Cc1ccc(O)cc1)C(=O)NC(CCCNC(=N)N)C(=O)NC(CCCCN)C(=O)NC(C(=O)NC(CC(C)C)C(=O)NCC(=O)NC(CCC(N)=O)C(=O)NC(CC(C)C)C(=O)NC)C(C)C)C(C)O. The summed E-state index contributed by atoms with van der Waals surface area (Å²) in [4.78, 5) is 276. The first-order chi connectivity index (χ1) is 65.8. The lowest BCUT2D eigenvalue weighted by atomic mass is 9.96. The maximum Gasteiger partial charge on any atom is 0.305 e. The fourth-order valence-corrected chi connectivity index (χ4v) is 14.0. The van der Waals surface area contributed by atoms with E-state index in [-0.39, 0.29) is 113 Å². The molecule has 18 atom stereocenters. The van der Waals surface area contributed by atoms with Gasteiger partial charge in [-0.3, -0.25) is 101 Å². The van der Waals surface area contributed by atoms with Crippen LogP contribution in [0.15, 0.2) is 78.9 Å². The number of rotatable bonds is 63. The van der Waals surface area contributed by atoms with Crippen molar-refractivity contribution in [2.75, 3.05) is 33.3 Å². The van der Waals surface area contributed by atoms with E-state index < -0.39 is 271 Å². The van der Waals surface area contributed by atoms with E-state index in [1.165, 1.54) is 69.4 Å². The third-order valence-electron chi connectivity index (χ3n) is 22.0. The number of unbranched alkanes of at least 4 members (excludes halogenated alkanes) is 1. The lowest BCUT2D eigenvalue weighted by molar-refractivity contribution is -0.141. The van der Waals surface area contributed by atoms with E-state index in [0.29, 0.717) is 17.5 Å². The van der Waals surface area contributed by atoms with Crippen molar-refractivity contribution in [1.82, 2.24) is 95.7 Å². The highest BCUT2D eigenvalue weighted by atomic mass is 16.4. The Bertz CT molecular complexity index is 4700. The number of carboxylic acids is 1. The van der Waals surface area contributed by atoms with Crippen molar-refractivity contribution < 1.29 is 121 Å². The van der Waals surface area contributed by atoms with Crippen LogP contribution in [0.2, 0.25) is 0 Å². The van der Waals surface area contributed by atoms with Crippen molar-refractivity contribution in [3.05, 3.63) is 95.6 Å². The predicted octanol–water partition coefficient (Wildman–Crippen LogP) is -7.20. The molecule has 0 aliphatic heterocycles. The number of aliphatic hydroxyl groups excluding tert-OH is 2. The van der Waals surface area contributed by atoms with Gasteiger partial charge in [-0.05, 0) is 150 Å². The lowest BCUT2D eigenvalue weighted by Crippen LogP contribution is -2.63. The Morgan fingerprint density at radius 1 is 0.386 bits per heavy atom. The molecule has 0 aromatic heterocycles. The highest BCUT2D eigenvalue weighted by Crippen LogP contribution is 2.19. The van der Waals surface area contributed by atoms with Crippen molar-refractivity contribution in [3.8, 4) is 11.5 Å². The number of benzene rings is 3. The molecule has 18 unspecified atom stereocenters. The van der Waals surface area contributed by atoms with Gasteiger partial charge in [0.05, 0.1) is 38.1 Å². The molecular formula is C91H142N24O25. The van der Waals surface area contributed by atoms with Crippen LogP contribution in [-0.2, 0) is 115 Å². The number of hydrogen-bond acceptors (Lipinski definition) is 27. The second kappa shape index (κ2) is 61.2. The molecule has 19 amide bonds. The minimum absolute atomic E-state index is 0.00505. The minimum Gasteiger partial charge on any atom is -0.508 e. The van der Waals surface area contributed by atoms with Gasteiger partial charge in [0.25, 0.3) is 0 Å². The maximum atomic E-state index is 14.9. The van der Waals surface area contributed by atoms with Crippen LogP contribution in [0.5, 0.6) is 11.5 Å². The van der Waals surface area contributed by atoms with Crippen LogP contribution in [0.3, 0.4) is 0 Å². The number of primary amides is 2.